The topological polar surface area (TPSA) is 160 Å². The Morgan fingerprint density at radius 2 is 1.65 bits per heavy atom. The van der Waals surface area contributed by atoms with Gasteiger partial charge in [-0.25, -0.2) is 31.9 Å². The summed E-state index contributed by atoms with van der Waals surface area (Å²) in [7, 11) is 3.37. The Labute approximate surface area is 391 Å². The number of halogens is 4. The van der Waals surface area contributed by atoms with E-state index < -0.39 is 48.0 Å². The molecule has 362 valence electrons. The largest absolute Gasteiger partial charge is 0.385 e. The molecule has 5 aliphatic heterocycles. The van der Waals surface area contributed by atoms with Crippen LogP contribution >= 0.6 is 0 Å². The first-order valence-electron chi connectivity index (χ1n) is 23.7. The molecule has 2 aromatic heterocycles. The van der Waals surface area contributed by atoms with Gasteiger partial charge >= 0.3 is 6.03 Å². The number of carbonyl (C=O) groups is 4. The smallest absolute Gasteiger partial charge is 0.328 e. The molecule has 0 radical (unpaired) electrons. The minimum absolute atomic E-state index is 0.0498. The van der Waals surface area contributed by atoms with Crippen molar-refractivity contribution in [2.75, 3.05) is 81.6 Å². The van der Waals surface area contributed by atoms with Crippen LogP contribution in [-0.4, -0.2) is 144 Å². The number of nitrogens with zero attached hydrogens (tertiary/aromatic N) is 8. The molecule has 5 fully saturated rings. The van der Waals surface area contributed by atoms with Crippen LogP contribution in [0.25, 0.3) is 5.65 Å². The molecule has 10 rings (SSSR count). The predicted octanol–water partition coefficient (Wildman–Crippen LogP) is 5.63. The molecule has 2 aromatic carbocycles. The molecular formula is C48H57F4N11O5. The number of alkyl halides is 2. The van der Waals surface area contributed by atoms with Crippen LogP contribution < -0.4 is 25.8 Å². The number of anilines is 4. The number of imide groups is 1. The molecule has 1 unspecified atom stereocenters. The fourth-order valence-electron chi connectivity index (χ4n) is 11.4. The fraction of sp³-hybridized carbons (Fsp3) is 0.542. The first-order chi connectivity index (χ1) is 32.6. The predicted molar refractivity (Wildman–Crippen MR) is 245 cm³/mol. The summed E-state index contributed by atoms with van der Waals surface area (Å²) in [6.45, 7) is 4.20. The fourth-order valence-corrected chi connectivity index (χ4v) is 11.4. The molecule has 6 aliphatic rings. The average molecular weight is 944 g/mol. The third-order valence-corrected chi connectivity index (χ3v) is 15.5. The van der Waals surface area contributed by atoms with Gasteiger partial charge in [0.25, 0.3) is 17.7 Å². The molecule has 1 aliphatic carbocycles. The molecule has 3 atom stereocenters. The maximum atomic E-state index is 16.3. The van der Waals surface area contributed by atoms with Crippen molar-refractivity contribution in [2.24, 2.45) is 5.41 Å². The van der Waals surface area contributed by atoms with Crippen molar-refractivity contribution in [1.29, 1.82) is 0 Å². The number of amides is 5. The second-order valence-electron chi connectivity index (χ2n) is 19.4. The van der Waals surface area contributed by atoms with E-state index in [1.54, 1.807) is 30.9 Å². The van der Waals surface area contributed by atoms with E-state index in [0.29, 0.717) is 111 Å². The standard InChI is InChI=1S/C48H57F4N11O5/c1-28-20-33(50)32(23-36(28)62-15-8-42(64)56-46(62)67)45(66)60-18-11-47(12-19-60)9-16-59(17-10-47)40-7-13-58(27-48(40,51)52)26-29-21-30(49)22-37-31(29)6-14-61(37)41-24-35(53-2)43-54-25-38(63(43)57-41)44(65)55-34-4-5-39(34)68-3/h20-25,34,39-40,53H,4-19,26-27H2,1-3H3,(H,55,65)(H,56,64,67)/t34-,39-,40?/m1/s1. The van der Waals surface area contributed by atoms with Crippen LogP contribution in [0.3, 0.4) is 0 Å². The monoisotopic (exact) mass is 943 g/mol. The number of benzene rings is 2. The second-order valence-corrected chi connectivity index (χ2v) is 19.4. The maximum Gasteiger partial charge on any atom is 0.328 e. The van der Waals surface area contributed by atoms with Crippen LogP contribution in [0.5, 0.6) is 0 Å². The lowest BCUT2D eigenvalue weighted by molar-refractivity contribution is -0.139. The van der Waals surface area contributed by atoms with Gasteiger partial charge in [0.2, 0.25) is 5.91 Å². The lowest BCUT2D eigenvalue weighted by atomic mass is 9.70. The molecular weight excluding hydrogens is 887 g/mol. The van der Waals surface area contributed by atoms with Crippen molar-refractivity contribution in [3.05, 3.63) is 76.1 Å². The number of urea groups is 1. The van der Waals surface area contributed by atoms with Crippen molar-refractivity contribution < 1.29 is 41.5 Å². The van der Waals surface area contributed by atoms with Crippen LogP contribution in [0.1, 0.15) is 88.9 Å². The first-order valence-corrected chi connectivity index (χ1v) is 23.7. The first kappa shape index (κ1) is 45.9. The number of carbonyl (C=O) groups excluding carboxylic acids is 4. The van der Waals surface area contributed by atoms with Crippen LogP contribution in [0, 0.1) is 24.0 Å². The molecule has 16 nitrogen and oxygen atoms in total. The number of nitrogens with one attached hydrogen (secondary N) is 3. The van der Waals surface area contributed by atoms with Gasteiger partial charge < -0.3 is 25.2 Å². The number of rotatable bonds is 10. The number of aryl methyl sites for hydroxylation is 1. The number of hydrogen-bond acceptors (Lipinski definition) is 11. The van der Waals surface area contributed by atoms with E-state index in [1.807, 2.05) is 15.9 Å². The van der Waals surface area contributed by atoms with Gasteiger partial charge in [0.15, 0.2) is 17.2 Å². The Morgan fingerprint density at radius 3 is 2.34 bits per heavy atom. The zero-order valence-electron chi connectivity index (χ0n) is 38.6. The van der Waals surface area contributed by atoms with E-state index in [2.05, 4.69) is 20.9 Å². The SMILES string of the molecule is CNc1cc(N2CCc3c(CN4CCC(N5CCC6(CCN(C(=O)c7cc(N8CCC(=O)NC8=O)c(C)cc7F)CC6)CC5)C(F)(F)C4)cc(F)cc32)nn2c(C(=O)N[C@@H]3CC[C@H]3OC)cnc12. The highest BCUT2D eigenvalue weighted by atomic mass is 19.3. The maximum absolute atomic E-state index is 16.3. The van der Waals surface area contributed by atoms with Gasteiger partial charge in [-0.1, -0.05) is 0 Å². The molecule has 1 spiro atoms. The second kappa shape index (κ2) is 17.9. The van der Waals surface area contributed by atoms with Crippen molar-refractivity contribution >= 4 is 52.3 Å². The van der Waals surface area contributed by atoms with Gasteiger partial charge in [-0.2, -0.15) is 0 Å². The Morgan fingerprint density at radius 1 is 0.897 bits per heavy atom. The highest BCUT2D eigenvalue weighted by Crippen LogP contribution is 2.45. The van der Waals surface area contributed by atoms with Crippen LogP contribution in [0.2, 0.25) is 0 Å². The minimum Gasteiger partial charge on any atom is -0.385 e. The van der Waals surface area contributed by atoms with E-state index >= 15 is 17.6 Å². The van der Waals surface area contributed by atoms with E-state index in [4.69, 9.17) is 9.84 Å². The zero-order valence-corrected chi connectivity index (χ0v) is 38.6. The summed E-state index contributed by atoms with van der Waals surface area (Å²) >= 11 is 0. The quantitative estimate of drug-likeness (QED) is 0.169. The van der Waals surface area contributed by atoms with Gasteiger partial charge in [0, 0.05) is 77.3 Å². The number of methoxy groups -OCH3 is 1. The lowest BCUT2D eigenvalue weighted by Crippen LogP contribution is -2.60. The van der Waals surface area contributed by atoms with Crippen LogP contribution in [0.15, 0.2) is 36.5 Å². The van der Waals surface area contributed by atoms with Crippen molar-refractivity contribution in [2.45, 2.75) is 95.4 Å². The third kappa shape index (κ3) is 8.41. The number of imidazole rings is 1. The van der Waals surface area contributed by atoms with Gasteiger partial charge in [0.05, 0.1) is 42.2 Å². The molecule has 7 heterocycles. The van der Waals surface area contributed by atoms with E-state index in [1.165, 1.54) is 39.9 Å². The Balaban J connectivity index is 0.761. The summed E-state index contributed by atoms with van der Waals surface area (Å²) in [5, 5.41) is 13.3. The van der Waals surface area contributed by atoms with E-state index in [-0.39, 0.29) is 60.7 Å². The van der Waals surface area contributed by atoms with Crippen molar-refractivity contribution in [3.63, 3.8) is 0 Å². The lowest BCUT2D eigenvalue weighted by Gasteiger charge is -2.51. The number of hydrogen-bond donors (Lipinski definition) is 3. The number of likely N-dealkylation sites (tertiary alicyclic amines) is 3. The van der Waals surface area contributed by atoms with Gasteiger partial charge in [-0.15, -0.1) is 5.10 Å². The molecule has 4 saturated heterocycles. The highest BCUT2D eigenvalue weighted by molar-refractivity contribution is 6.06. The minimum atomic E-state index is -3.01. The summed E-state index contributed by atoms with van der Waals surface area (Å²) in [6, 6.07) is 5.69. The average Bonchev–Trinajstić information content (AvgIpc) is 3.93. The Kier molecular flexibility index (Phi) is 12.1. The summed E-state index contributed by atoms with van der Waals surface area (Å²) in [5.41, 5.74) is 4.08. The number of fused-ring (bicyclic) bond motifs is 2. The molecule has 0 bridgehead atoms. The molecule has 4 aromatic rings. The number of piperidine rings is 3. The Hall–Kier alpha value is -5.86. The van der Waals surface area contributed by atoms with Crippen LogP contribution in [0.4, 0.5) is 45.2 Å². The molecule has 68 heavy (non-hydrogen) atoms. The Bertz CT molecular complexity index is 2660. The zero-order chi connectivity index (χ0) is 47.6. The number of aromatic nitrogens is 3. The van der Waals surface area contributed by atoms with E-state index in [0.717, 1.165) is 18.4 Å². The number of ether oxygens (including phenoxy) is 1. The molecule has 1 saturated carbocycles. The van der Waals surface area contributed by atoms with Gasteiger partial charge in [0.1, 0.15) is 11.6 Å². The van der Waals surface area contributed by atoms with Crippen molar-refractivity contribution in [3.8, 4) is 0 Å². The molecule has 20 heteroatoms. The summed E-state index contributed by atoms with van der Waals surface area (Å²) in [4.78, 5) is 64.3. The molecule has 5 amide bonds. The summed E-state index contributed by atoms with van der Waals surface area (Å²) in [6.07, 6.45) is 6.79. The third-order valence-electron chi connectivity index (χ3n) is 15.5. The highest BCUT2D eigenvalue weighted by Gasteiger charge is 2.50. The van der Waals surface area contributed by atoms with Crippen molar-refractivity contribution in [1.82, 2.24) is 39.9 Å². The normalized spacial score (nSPS) is 24.0. The molecule has 3 N–H and O–H groups in total. The van der Waals surface area contributed by atoms with E-state index in [9.17, 15) is 19.2 Å². The van der Waals surface area contributed by atoms with Gasteiger partial charge in [-0.05, 0) is 118 Å². The van der Waals surface area contributed by atoms with Crippen LogP contribution in [-0.2, 0) is 22.5 Å². The summed E-state index contributed by atoms with van der Waals surface area (Å²) in [5.74, 6) is -4.87. The summed E-state index contributed by atoms with van der Waals surface area (Å²) < 4.78 is 70.3. The van der Waals surface area contributed by atoms with Gasteiger partial charge in [-0.3, -0.25) is 34.4 Å².